The number of nitrogens with one attached hydrogen (secondary N) is 1. The van der Waals surface area contributed by atoms with Crippen LogP contribution in [0.1, 0.15) is 18.4 Å². The third-order valence-electron chi connectivity index (χ3n) is 3.98. The number of rotatable bonds is 6. The maximum absolute atomic E-state index is 12.2. The van der Waals surface area contributed by atoms with Gasteiger partial charge in [0.05, 0.1) is 7.11 Å². The number of benzene rings is 1. The van der Waals surface area contributed by atoms with Gasteiger partial charge in [0.15, 0.2) is 0 Å². The molecular formula is C17H24N2O2. The second kappa shape index (κ2) is 7.38. The monoisotopic (exact) mass is 288 g/mol. The molecule has 4 heteroatoms. The van der Waals surface area contributed by atoms with Crippen molar-refractivity contribution < 1.29 is 9.53 Å². The van der Waals surface area contributed by atoms with Crippen LogP contribution in [0.3, 0.4) is 0 Å². The average molecular weight is 288 g/mol. The van der Waals surface area contributed by atoms with Crippen molar-refractivity contribution in [2.24, 2.45) is 0 Å². The molecule has 1 heterocycles. The summed E-state index contributed by atoms with van der Waals surface area (Å²) in [6, 6.07) is 10.3. The molecule has 0 amide bonds. The van der Waals surface area contributed by atoms with E-state index < -0.39 is 5.54 Å². The molecule has 0 aromatic heterocycles. The van der Waals surface area contributed by atoms with Gasteiger partial charge in [-0.05, 0) is 24.9 Å². The van der Waals surface area contributed by atoms with Crippen LogP contribution in [-0.4, -0.2) is 43.2 Å². The van der Waals surface area contributed by atoms with Gasteiger partial charge in [-0.2, -0.15) is 0 Å². The molecular weight excluding hydrogens is 264 g/mol. The van der Waals surface area contributed by atoms with E-state index in [1.54, 1.807) is 6.08 Å². The summed E-state index contributed by atoms with van der Waals surface area (Å²) in [5.41, 5.74) is 0.651. The highest BCUT2D eigenvalue weighted by molar-refractivity contribution is 5.81. The van der Waals surface area contributed by atoms with Gasteiger partial charge in [-0.3, -0.25) is 15.0 Å². The first-order valence-electron chi connectivity index (χ1n) is 7.41. The zero-order valence-corrected chi connectivity index (χ0v) is 12.7. The molecule has 0 radical (unpaired) electrons. The fraction of sp³-hybridized carbons (Fsp3) is 0.471. The number of piperidine rings is 1. The summed E-state index contributed by atoms with van der Waals surface area (Å²) in [7, 11) is 1.45. The lowest BCUT2D eigenvalue weighted by Gasteiger charge is -2.41. The van der Waals surface area contributed by atoms with E-state index in [9.17, 15) is 4.79 Å². The zero-order chi connectivity index (χ0) is 15.1. The predicted octanol–water partition coefficient (Wildman–Crippen LogP) is 1.97. The Morgan fingerprint density at radius 1 is 1.48 bits per heavy atom. The third kappa shape index (κ3) is 3.93. The van der Waals surface area contributed by atoms with Crippen molar-refractivity contribution in [2.45, 2.75) is 24.9 Å². The molecule has 0 bridgehead atoms. The first-order valence-corrected chi connectivity index (χ1v) is 7.41. The summed E-state index contributed by atoms with van der Waals surface area (Å²) in [5.74, 6) is -0.179. The summed E-state index contributed by atoms with van der Waals surface area (Å²) < 4.78 is 5.03. The highest BCUT2D eigenvalue weighted by Crippen LogP contribution is 2.24. The molecule has 0 aliphatic carbocycles. The molecule has 2 rings (SSSR count). The van der Waals surface area contributed by atoms with E-state index in [1.165, 1.54) is 12.7 Å². The minimum atomic E-state index is -0.615. The molecule has 114 valence electrons. The smallest absolute Gasteiger partial charge is 0.327 e. The number of ether oxygens (including phenoxy) is 1. The van der Waals surface area contributed by atoms with Crippen molar-refractivity contribution in [1.29, 1.82) is 0 Å². The van der Waals surface area contributed by atoms with Gasteiger partial charge in [-0.25, -0.2) is 0 Å². The highest BCUT2D eigenvalue weighted by Gasteiger charge is 2.42. The Morgan fingerprint density at radius 3 is 2.90 bits per heavy atom. The Balaban J connectivity index is 2.08. The van der Waals surface area contributed by atoms with Crippen LogP contribution in [0.5, 0.6) is 0 Å². The fourth-order valence-corrected chi connectivity index (χ4v) is 2.97. The van der Waals surface area contributed by atoms with E-state index >= 15 is 0 Å². The van der Waals surface area contributed by atoms with Crippen molar-refractivity contribution >= 4 is 5.97 Å². The molecule has 1 aliphatic heterocycles. The molecule has 1 fully saturated rings. The number of esters is 1. The molecule has 1 N–H and O–H groups in total. The van der Waals surface area contributed by atoms with Crippen molar-refractivity contribution in [1.82, 2.24) is 10.2 Å². The number of hydrogen-bond donors (Lipinski definition) is 1. The van der Waals surface area contributed by atoms with E-state index in [1.807, 2.05) is 18.2 Å². The molecule has 4 nitrogen and oxygen atoms in total. The average Bonchev–Trinajstić information content (AvgIpc) is 2.53. The summed E-state index contributed by atoms with van der Waals surface area (Å²) in [6.07, 6.45) is 3.56. The van der Waals surface area contributed by atoms with Crippen molar-refractivity contribution in [3.05, 3.63) is 48.6 Å². The van der Waals surface area contributed by atoms with Gasteiger partial charge in [0.2, 0.25) is 0 Å². The Morgan fingerprint density at radius 2 is 2.24 bits per heavy atom. The number of hydrogen-bond acceptors (Lipinski definition) is 4. The highest BCUT2D eigenvalue weighted by atomic mass is 16.5. The second-order valence-corrected chi connectivity index (χ2v) is 5.54. The number of likely N-dealkylation sites (tertiary alicyclic amines) is 1. The molecule has 21 heavy (non-hydrogen) atoms. The van der Waals surface area contributed by atoms with E-state index in [-0.39, 0.29) is 5.97 Å². The van der Waals surface area contributed by atoms with Crippen LogP contribution in [0.15, 0.2) is 43.0 Å². The van der Waals surface area contributed by atoms with Crippen LogP contribution in [0.4, 0.5) is 0 Å². The number of nitrogens with zero attached hydrogens (tertiary/aromatic N) is 1. The van der Waals surface area contributed by atoms with Crippen LogP contribution in [0, 0.1) is 0 Å². The van der Waals surface area contributed by atoms with Gasteiger partial charge in [0, 0.05) is 19.6 Å². The van der Waals surface area contributed by atoms with Gasteiger partial charge < -0.3 is 4.74 Å². The summed E-state index contributed by atoms with van der Waals surface area (Å²) in [5, 5.41) is 3.32. The standard InChI is InChI=1S/C17H24N2O2/c1-3-11-18-17(16(20)21-2)10-7-12-19(14-17)13-15-8-5-4-6-9-15/h3-6,8-9,18H,1,7,10-14H2,2H3. The third-order valence-corrected chi connectivity index (χ3v) is 3.98. The second-order valence-electron chi connectivity index (χ2n) is 5.54. The molecule has 0 saturated carbocycles. The maximum Gasteiger partial charge on any atom is 0.327 e. The fourth-order valence-electron chi connectivity index (χ4n) is 2.97. The van der Waals surface area contributed by atoms with Gasteiger partial charge in [0.25, 0.3) is 0 Å². The van der Waals surface area contributed by atoms with E-state index in [2.05, 4.69) is 28.9 Å². The molecule has 1 unspecified atom stereocenters. The van der Waals surface area contributed by atoms with E-state index in [0.29, 0.717) is 13.1 Å². The Kier molecular flexibility index (Phi) is 5.53. The minimum absolute atomic E-state index is 0.179. The Bertz CT molecular complexity index is 475. The van der Waals surface area contributed by atoms with Crippen molar-refractivity contribution in [3.8, 4) is 0 Å². The molecule has 1 atom stereocenters. The SMILES string of the molecule is C=CCNC1(C(=O)OC)CCCN(Cc2ccccc2)C1. The topological polar surface area (TPSA) is 41.6 Å². The quantitative estimate of drug-likeness (QED) is 0.642. The summed E-state index contributed by atoms with van der Waals surface area (Å²) in [6.45, 7) is 6.85. The summed E-state index contributed by atoms with van der Waals surface area (Å²) in [4.78, 5) is 14.6. The van der Waals surface area contributed by atoms with Gasteiger partial charge in [-0.1, -0.05) is 36.4 Å². The van der Waals surface area contributed by atoms with Crippen molar-refractivity contribution in [2.75, 3.05) is 26.7 Å². The van der Waals surface area contributed by atoms with Crippen LogP contribution in [0.25, 0.3) is 0 Å². The maximum atomic E-state index is 12.2. The number of methoxy groups -OCH3 is 1. The lowest BCUT2D eigenvalue weighted by molar-refractivity contribution is -0.151. The number of carbonyl (C=O) groups excluding carboxylic acids is 1. The van der Waals surface area contributed by atoms with Crippen LogP contribution < -0.4 is 5.32 Å². The zero-order valence-electron chi connectivity index (χ0n) is 12.7. The van der Waals surface area contributed by atoms with Crippen molar-refractivity contribution in [3.63, 3.8) is 0 Å². The molecule has 1 aromatic rings. The van der Waals surface area contributed by atoms with Gasteiger partial charge in [0.1, 0.15) is 5.54 Å². The largest absolute Gasteiger partial charge is 0.468 e. The first kappa shape index (κ1) is 15.7. The minimum Gasteiger partial charge on any atom is -0.468 e. The van der Waals surface area contributed by atoms with Crippen LogP contribution in [-0.2, 0) is 16.1 Å². The molecule has 1 aliphatic rings. The first-order chi connectivity index (χ1) is 10.2. The predicted molar refractivity (Wildman–Crippen MR) is 83.9 cm³/mol. The van der Waals surface area contributed by atoms with Gasteiger partial charge >= 0.3 is 5.97 Å². The Hall–Kier alpha value is -1.65. The van der Waals surface area contributed by atoms with Gasteiger partial charge in [-0.15, -0.1) is 6.58 Å². The van der Waals surface area contributed by atoms with Crippen LogP contribution in [0.2, 0.25) is 0 Å². The Labute approximate surface area is 126 Å². The number of carbonyl (C=O) groups is 1. The lowest BCUT2D eigenvalue weighted by Crippen LogP contribution is -2.62. The van der Waals surface area contributed by atoms with E-state index in [4.69, 9.17) is 4.74 Å². The molecule has 1 saturated heterocycles. The normalized spacial score (nSPS) is 22.7. The van der Waals surface area contributed by atoms with Crippen LogP contribution >= 0.6 is 0 Å². The molecule has 1 aromatic carbocycles. The van der Waals surface area contributed by atoms with E-state index in [0.717, 1.165) is 25.9 Å². The summed E-state index contributed by atoms with van der Waals surface area (Å²) >= 11 is 0. The lowest BCUT2D eigenvalue weighted by atomic mass is 9.88. The molecule has 0 spiro atoms.